The number of hydrogen-bond donors (Lipinski definition) is 2. The van der Waals surface area contributed by atoms with E-state index in [-0.39, 0.29) is 12.2 Å². The third-order valence-corrected chi connectivity index (χ3v) is 1.68. The first-order valence-corrected chi connectivity index (χ1v) is 4.16. The molecule has 0 atom stereocenters. The molecule has 6 heteroatoms. The van der Waals surface area contributed by atoms with E-state index in [4.69, 9.17) is 5.11 Å². The van der Waals surface area contributed by atoms with Gasteiger partial charge in [-0.3, -0.25) is 0 Å². The summed E-state index contributed by atoms with van der Waals surface area (Å²) in [7, 11) is 0. The van der Waals surface area contributed by atoms with Crippen LogP contribution >= 0.6 is 0 Å². The second-order valence-corrected chi connectivity index (χ2v) is 2.67. The molecule has 0 spiro atoms. The van der Waals surface area contributed by atoms with Gasteiger partial charge in [-0.1, -0.05) is 0 Å². The van der Waals surface area contributed by atoms with Crippen molar-refractivity contribution in [3.63, 3.8) is 0 Å². The van der Waals surface area contributed by atoms with Crippen molar-refractivity contribution < 1.29 is 19.7 Å². The Kier molecular flexibility index (Phi) is 3.22. The van der Waals surface area contributed by atoms with Crippen molar-refractivity contribution in [1.29, 1.82) is 0 Å². The van der Waals surface area contributed by atoms with Crippen LogP contribution in [0.3, 0.4) is 0 Å². The summed E-state index contributed by atoms with van der Waals surface area (Å²) in [5.74, 6) is -1.94. The monoisotopic (exact) mass is 211 g/mol. The molecule has 0 saturated carbocycles. The van der Waals surface area contributed by atoms with Gasteiger partial charge in [0.15, 0.2) is 17.2 Å². The predicted molar refractivity (Wildman–Crippen MR) is 51.2 cm³/mol. The van der Waals surface area contributed by atoms with Crippen LogP contribution in [-0.4, -0.2) is 22.8 Å². The predicted octanol–water partition coefficient (Wildman–Crippen LogP) is 1.67. The van der Waals surface area contributed by atoms with Gasteiger partial charge >= 0.3 is 5.97 Å². The van der Waals surface area contributed by atoms with E-state index in [1.165, 1.54) is 0 Å². The number of nitrogens with zero attached hydrogens (tertiary/aromatic N) is 1. The van der Waals surface area contributed by atoms with Gasteiger partial charge in [0.25, 0.3) is 0 Å². The first-order valence-electron chi connectivity index (χ1n) is 4.16. The fourth-order valence-electron chi connectivity index (χ4n) is 1.01. The Morgan fingerprint density at radius 1 is 1.47 bits per heavy atom. The fourth-order valence-corrected chi connectivity index (χ4v) is 1.01. The van der Waals surface area contributed by atoms with E-state index in [0.29, 0.717) is 0 Å². The minimum Gasteiger partial charge on any atom is -0.504 e. The van der Waals surface area contributed by atoms with Gasteiger partial charge in [-0.2, -0.15) is 0 Å². The summed E-state index contributed by atoms with van der Waals surface area (Å²) in [6.07, 6.45) is 0. The number of hydrogen-bond acceptors (Lipinski definition) is 6. The van der Waals surface area contributed by atoms with Gasteiger partial charge in [-0.05, 0) is 24.2 Å². The summed E-state index contributed by atoms with van der Waals surface area (Å²) in [5.41, 5.74) is -0.445. The number of aromatic hydroxyl groups is 2. The fraction of sp³-hybridized carbons (Fsp3) is 0.222. The Hall–Kier alpha value is -2.11. The molecule has 1 aromatic carbocycles. The van der Waals surface area contributed by atoms with Crippen LogP contribution in [0.1, 0.15) is 17.3 Å². The lowest BCUT2D eigenvalue weighted by atomic mass is 10.1. The minimum atomic E-state index is -0.697. The van der Waals surface area contributed by atoms with Crippen LogP contribution in [0.15, 0.2) is 17.3 Å². The minimum absolute atomic E-state index is 0.0400. The first kappa shape index (κ1) is 11.0. The molecule has 0 aliphatic heterocycles. The molecule has 0 fully saturated rings. The molecular weight excluding hydrogens is 202 g/mol. The summed E-state index contributed by atoms with van der Waals surface area (Å²) in [4.78, 5) is 21.5. The van der Waals surface area contributed by atoms with Crippen molar-refractivity contribution in [2.24, 2.45) is 5.18 Å². The molecule has 0 saturated heterocycles. The Morgan fingerprint density at radius 2 is 2.13 bits per heavy atom. The average Bonchev–Trinajstić information content (AvgIpc) is 2.22. The topological polar surface area (TPSA) is 96.2 Å². The van der Waals surface area contributed by atoms with Gasteiger partial charge in [-0.25, -0.2) is 4.79 Å². The van der Waals surface area contributed by atoms with Crippen LogP contribution in [0.4, 0.5) is 5.69 Å². The molecule has 1 rings (SSSR count). The van der Waals surface area contributed by atoms with Gasteiger partial charge in [0, 0.05) is 0 Å². The molecule has 0 amide bonds. The Morgan fingerprint density at radius 3 is 2.67 bits per heavy atom. The van der Waals surface area contributed by atoms with Crippen LogP contribution in [0.25, 0.3) is 0 Å². The van der Waals surface area contributed by atoms with Crippen LogP contribution < -0.4 is 0 Å². The molecular formula is C9H9NO5. The molecule has 1 aromatic rings. The van der Waals surface area contributed by atoms with E-state index >= 15 is 0 Å². The van der Waals surface area contributed by atoms with E-state index in [1.807, 2.05) is 0 Å². The van der Waals surface area contributed by atoms with E-state index in [0.717, 1.165) is 12.1 Å². The molecule has 0 aromatic heterocycles. The van der Waals surface area contributed by atoms with Crippen molar-refractivity contribution in [2.45, 2.75) is 6.92 Å². The number of phenols is 2. The number of rotatable bonds is 3. The maximum Gasteiger partial charge on any atom is 0.338 e. The van der Waals surface area contributed by atoms with E-state index in [9.17, 15) is 14.8 Å². The second-order valence-electron chi connectivity index (χ2n) is 2.67. The zero-order valence-electron chi connectivity index (χ0n) is 7.93. The van der Waals surface area contributed by atoms with Crippen molar-refractivity contribution in [2.75, 3.05) is 6.61 Å². The maximum absolute atomic E-state index is 11.2. The van der Waals surface area contributed by atoms with Gasteiger partial charge in [-0.15, -0.1) is 4.91 Å². The lowest BCUT2D eigenvalue weighted by molar-refractivity contribution is 0.0526. The molecule has 6 nitrogen and oxygen atoms in total. The van der Waals surface area contributed by atoms with E-state index in [1.54, 1.807) is 6.92 Å². The van der Waals surface area contributed by atoms with Crippen LogP contribution in [0, 0.1) is 4.91 Å². The second kappa shape index (κ2) is 4.41. The molecule has 0 aliphatic carbocycles. The molecule has 0 bridgehead atoms. The van der Waals surface area contributed by atoms with Gasteiger partial charge in [0.05, 0.1) is 12.2 Å². The van der Waals surface area contributed by atoms with E-state index < -0.39 is 23.2 Å². The number of esters is 1. The normalized spacial score (nSPS) is 9.67. The van der Waals surface area contributed by atoms with Gasteiger partial charge < -0.3 is 14.9 Å². The lowest BCUT2D eigenvalue weighted by Gasteiger charge is -2.04. The molecule has 15 heavy (non-hydrogen) atoms. The standard InChI is InChI=1S/C9H9NO5/c1-2-15-9(13)5-3-6(10-14)8(12)7(11)4-5/h3-4,11-12H,2H2,1H3. The number of nitroso groups, excluding NO2 is 1. The highest BCUT2D eigenvalue weighted by atomic mass is 16.5. The molecule has 0 unspecified atom stereocenters. The molecule has 0 radical (unpaired) electrons. The SMILES string of the molecule is CCOC(=O)c1cc(O)c(O)c(N=O)c1. The van der Waals surface area contributed by atoms with Gasteiger partial charge in [0.1, 0.15) is 0 Å². The summed E-state index contributed by atoms with van der Waals surface area (Å²) in [6, 6.07) is 2.04. The van der Waals surface area contributed by atoms with E-state index in [2.05, 4.69) is 9.91 Å². The zero-order chi connectivity index (χ0) is 11.4. The number of carbonyl (C=O) groups excluding carboxylic acids is 1. The van der Waals surface area contributed by atoms with Gasteiger partial charge in [0.2, 0.25) is 0 Å². The summed E-state index contributed by atoms with van der Waals surface area (Å²) in [5, 5.41) is 20.8. The maximum atomic E-state index is 11.2. The zero-order valence-corrected chi connectivity index (χ0v) is 7.93. The largest absolute Gasteiger partial charge is 0.504 e. The first-order chi connectivity index (χ1) is 7.10. The Labute approximate surface area is 85.1 Å². The lowest BCUT2D eigenvalue weighted by Crippen LogP contribution is -2.04. The van der Waals surface area contributed by atoms with Crippen molar-refractivity contribution in [3.05, 3.63) is 22.6 Å². The molecule has 80 valence electrons. The summed E-state index contributed by atoms with van der Waals surface area (Å²) >= 11 is 0. The van der Waals surface area contributed by atoms with Crippen molar-refractivity contribution >= 4 is 11.7 Å². The summed E-state index contributed by atoms with van der Waals surface area (Å²) < 4.78 is 4.65. The average molecular weight is 211 g/mol. The number of carbonyl (C=O) groups is 1. The van der Waals surface area contributed by atoms with Crippen molar-refractivity contribution in [3.8, 4) is 11.5 Å². The number of phenolic OH excluding ortho intramolecular Hbond substituents is 2. The highest BCUT2D eigenvalue weighted by molar-refractivity contribution is 5.91. The van der Waals surface area contributed by atoms with Crippen LogP contribution in [0.5, 0.6) is 11.5 Å². The third-order valence-electron chi connectivity index (χ3n) is 1.68. The molecule has 2 N–H and O–H groups in total. The Balaban J connectivity index is 3.16. The third kappa shape index (κ3) is 2.22. The molecule has 0 heterocycles. The van der Waals surface area contributed by atoms with Crippen LogP contribution in [0.2, 0.25) is 0 Å². The highest BCUT2D eigenvalue weighted by Gasteiger charge is 2.14. The number of benzene rings is 1. The highest BCUT2D eigenvalue weighted by Crippen LogP contribution is 2.36. The van der Waals surface area contributed by atoms with Crippen LogP contribution in [-0.2, 0) is 4.74 Å². The Bertz CT molecular complexity index is 402. The van der Waals surface area contributed by atoms with Crippen molar-refractivity contribution in [1.82, 2.24) is 0 Å². The smallest absolute Gasteiger partial charge is 0.338 e. The summed E-state index contributed by atoms with van der Waals surface area (Å²) in [6.45, 7) is 1.79. The number of ether oxygens (including phenoxy) is 1. The molecule has 0 aliphatic rings. The quantitative estimate of drug-likeness (QED) is 0.450.